The van der Waals surface area contributed by atoms with Gasteiger partial charge in [-0.05, 0) is 69.6 Å². The number of aryl methyl sites for hydroxylation is 1. The second kappa shape index (κ2) is 12.3. The highest BCUT2D eigenvalue weighted by molar-refractivity contribution is 6.00. The van der Waals surface area contributed by atoms with Gasteiger partial charge >= 0.3 is 0 Å². The second-order valence-electron chi connectivity index (χ2n) is 11.7. The molecule has 3 fully saturated rings. The van der Waals surface area contributed by atoms with Crippen LogP contribution in [0, 0.1) is 24.7 Å². The van der Waals surface area contributed by atoms with Gasteiger partial charge in [0.1, 0.15) is 18.3 Å². The predicted molar refractivity (Wildman–Crippen MR) is 152 cm³/mol. The van der Waals surface area contributed by atoms with Crippen LogP contribution in [0.3, 0.4) is 0 Å². The lowest BCUT2D eigenvalue weighted by atomic mass is 9.86. The standard InChI is InChI=1S/C31H36F2N6O3/c1-20-29-22(4-2-6-26(29)39(35-20)27-11-12-28(40)34-31(27)41)5-3-17-42-24-13-15-37(19-24)18-21-7-9-23(10-8-21)38-16-14-25(36-38)30(32)33/h2,4,6,14,16,21,23-24,27,30H,7-13,15,17-19H2,1H3,(H,34,40,41)/t21?,23?,24-,27?/m1/s1. The summed E-state index contributed by atoms with van der Waals surface area (Å²) in [6.07, 6.45) is 5.12. The van der Waals surface area contributed by atoms with Gasteiger partial charge < -0.3 is 9.64 Å². The van der Waals surface area contributed by atoms with Crippen molar-refractivity contribution >= 4 is 22.7 Å². The molecule has 42 heavy (non-hydrogen) atoms. The lowest BCUT2D eigenvalue weighted by molar-refractivity contribution is -0.135. The Labute approximate surface area is 243 Å². The first kappa shape index (κ1) is 28.5. The minimum atomic E-state index is -2.52. The first-order chi connectivity index (χ1) is 20.4. The van der Waals surface area contributed by atoms with Crippen LogP contribution in [0.5, 0.6) is 0 Å². The number of imide groups is 1. The minimum absolute atomic E-state index is 0.141. The molecular weight excluding hydrogens is 542 g/mol. The molecule has 2 saturated heterocycles. The van der Waals surface area contributed by atoms with Crippen LogP contribution >= 0.6 is 0 Å². The maximum atomic E-state index is 12.9. The van der Waals surface area contributed by atoms with Crippen LogP contribution in [0.1, 0.15) is 80.4 Å². The second-order valence-corrected chi connectivity index (χ2v) is 11.7. The number of nitrogens with zero attached hydrogens (tertiary/aromatic N) is 5. The molecule has 2 aliphatic heterocycles. The quantitative estimate of drug-likeness (QED) is 0.331. The van der Waals surface area contributed by atoms with Crippen LogP contribution in [0.4, 0.5) is 8.78 Å². The number of rotatable bonds is 7. The Kier molecular flexibility index (Phi) is 8.36. The van der Waals surface area contributed by atoms with Crippen LogP contribution in [0.25, 0.3) is 10.9 Å². The van der Waals surface area contributed by atoms with Gasteiger partial charge in [-0.2, -0.15) is 10.2 Å². The number of piperidine rings is 1. The van der Waals surface area contributed by atoms with Gasteiger partial charge in [-0.1, -0.05) is 17.9 Å². The van der Waals surface area contributed by atoms with Crippen molar-refractivity contribution in [2.24, 2.45) is 5.92 Å². The third kappa shape index (κ3) is 6.10. The summed E-state index contributed by atoms with van der Waals surface area (Å²) in [4.78, 5) is 26.5. The average Bonchev–Trinajstić information content (AvgIpc) is 3.72. The smallest absolute Gasteiger partial charge is 0.282 e. The zero-order valence-corrected chi connectivity index (χ0v) is 23.8. The molecule has 3 aromatic rings. The SMILES string of the molecule is Cc1nn(C2CCC(=O)NC2=O)c2cccc(C#CCO[C@@H]3CCN(CC4CCC(n5ccc(C(F)F)n5)CC4)C3)c12. The van der Waals surface area contributed by atoms with Crippen molar-refractivity contribution < 1.29 is 23.1 Å². The number of benzene rings is 1. The molecule has 4 heterocycles. The maximum Gasteiger partial charge on any atom is 0.282 e. The van der Waals surface area contributed by atoms with Crippen molar-refractivity contribution in [2.75, 3.05) is 26.2 Å². The normalized spacial score (nSPS) is 25.1. The summed E-state index contributed by atoms with van der Waals surface area (Å²) < 4.78 is 35.3. The van der Waals surface area contributed by atoms with Crippen molar-refractivity contribution in [3.63, 3.8) is 0 Å². The number of alkyl halides is 2. The zero-order chi connectivity index (χ0) is 29.2. The number of amides is 2. The third-order valence-electron chi connectivity index (χ3n) is 8.82. The molecule has 0 spiro atoms. The summed E-state index contributed by atoms with van der Waals surface area (Å²) in [6.45, 7) is 5.19. The van der Waals surface area contributed by atoms with Crippen LogP contribution < -0.4 is 5.32 Å². The van der Waals surface area contributed by atoms with E-state index in [0.717, 1.165) is 73.9 Å². The Morgan fingerprint density at radius 2 is 1.93 bits per heavy atom. The molecule has 1 unspecified atom stereocenters. The van der Waals surface area contributed by atoms with E-state index < -0.39 is 12.5 Å². The molecule has 1 saturated carbocycles. The van der Waals surface area contributed by atoms with Crippen molar-refractivity contribution in [1.82, 2.24) is 29.8 Å². The summed E-state index contributed by atoms with van der Waals surface area (Å²) in [5.41, 5.74) is 2.33. The van der Waals surface area contributed by atoms with E-state index in [9.17, 15) is 18.4 Å². The number of carbonyl (C=O) groups is 2. The fourth-order valence-corrected chi connectivity index (χ4v) is 6.65. The lowest BCUT2D eigenvalue weighted by Gasteiger charge is -2.31. The van der Waals surface area contributed by atoms with E-state index >= 15 is 0 Å². The van der Waals surface area contributed by atoms with Gasteiger partial charge in [-0.25, -0.2) is 8.78 Å². The van der Waals surface area contributed by atoms with Gasteiger partial charge in [0.2, 0.25) is 5.91 Å². The summed E-state index contributed by atoms with van der Waals surface area (Å²) in [5.74, 6) is 6.45. The zero-order valence-electron chi connectivity index (χ0n) is 23.8. The van der Waals surface area contributed by atoms with Crippen molar-refractivity contribution in [3.05, 3.63) is 47.4 Å². The van der Waals surface area contributed by atoms with Gasteiger partial charge in [0, 0.05) is 43.2 Å². The van der Waals surface area contributed by atoms with E-state index in [1.165, 1.54) is 6.07 Å². The Morgan fingerprint density at radius 1 is 1.10 bits per heavy atom. The highest BCUT2D eigenvalue weighted by atomic mass is 19.3. The van der Waals surface area contributed by atoms with E-state index in [2.05, 4.69) is 32.3 Å². The number of hydrogen-bond donors (Lipinski definition) is 1. The van der Waals surface area contributed by atoms with Crippen molar-refractivity contribution in [2.45, 2.75) is 76.5 Å². The van der Waals surface area contributed by atoms with Gasteiger partial charge in [0.25, 0.3) is 12.3 Å². The Morgan fingerprint density at radius 3 is 2.69 bits per heavy atom. The molecule has 2 aromatic heterocycles. The highest BCUT2D eigenvalue weighted by Crippen LogP contribution is 2.34. The molecule has 0 radical (unpaired) electrons. The first-order valence-corrected chi connectivity index (χ1v) is 14.8. The molecule has 2 amide bonds. The molecule has 1 aromatic carbocycles. The molecular formula is C31H36F2N6O3. The number of aromatic nitrogens is 4. The first-order valence-electron chi connectivity index (χ1n) is 14.8. The molecule has 1 N–H and O–H groups in total. The minimum Gasteiger partial charge on any atom is -0.364 e. The molecule has 3 aliphatic rings. The Hall–Kier alpha value is -3.62. The fraction of sp³-hybridized carbons (Fsp3) is 0.548. The average molecular weight is 579 g/mol. The number of fused-ring (bicyclic) bond motifs is 1. The fourth-order valence-electron chi connectivity index (χ4n) is 6.65. The maximum absolute atomic E-state index is 12.9. The molecule has 6 rings (SSSR count). The molecule has 1 aliphatic carbocycles. The topological polar surface area (TPSA) is 94.3 Å². The number of likely N-dealkylation sites (tertiary alicyclic amines) is 1. The Balaban J connectivity index is 0.985. The van der Waals surface area contributed by atoms with Crippen LogP contribution in [-0.4, -0.2) is 68.6 Å². The van der Waals surface area contributed by atoms with Crippen LogP contribution in [-0.2, 0) is 14.3 Å². The summed E-state index contributed by atoms with van der Waals surface area (Å²) in [7, 11) is 0. The van der Waals surface area contributed by atoms with E-state index in [4.69, 9.17) is 4.74 Å². The number of carbonyl (C=O) groups excluding carboxylic acids is 2. The van der Waals surface area contributed by atoms with Gasteiger partial charge in [-0.3, -0.25) is 24.3 Å². The molecule has 11 heteroatoms. The molecule has 0 bridgehead atoms. The van der Waals surface area contributed by atoms with Crippen LogP contribution in [0.15, 0.2) is 30.5 Å². The van der Waals surface area contributed by atoms with Crippen LogP contribution in [0.2, 0.25) is 0 Å². The molecule has 2 atom stereocenters. The van der Waals surface area contributed by atoms with E-state index in [1.54, 1.807) is 15.6 Å². The summed E-state index contributed by atoms with van der Waals surface area (Å²) in [6, 6.07) is 6.92. The van der Waals surface area contributed by atoms with E-state index in [1.807, 2.05) is 25.1 Å². The van der Waals surface area contributed by atoms with Gasteiger partial charge in [-0.15, -0.1) is 0 Å². The number of hydrogen-bond acceptors (Lipinski definition) is 6. The number of nitrogens with one attached hydrogen (secondary N) is 1. The third-order valence-corrected chi connectivity index (χ3v) is 8.82. The lowest BCUT2D eigenvalue weighted by Crippen LogP contribution is -2.42. The highest BCUT2D eigenvalue weighted by Gasteiger charge is 2.31. The molecule has 222 valence electrons. The predicted octanol–water partition coefficient (Wildman–Crippen LogP) is 4.33. The van der Waals surface area contributed by atoms with Gasteiger partial charge in [0.05, 0.1) is 23.4 Å². The Bertz CT molecular complexity index is 1510. The number of ether oxygens (including phenoxy) is 1. The monoisotopic (exact) mass is 578 g/mol. The largest absolute Gasteiger partial charge is 0.364 e. The summed E-state index contributed by atoms with van der Waals surface area (Å²) in [5, 5.41) is 12.0. The summed E-state index contributed by atoms with van der Waals surface area (Å²) >= 11 is 0. The van der Waals surface area contributed by atoms with Gasteiger partial charge in [0.15, 0.2) is 0 Å². The van der Waals surface area contributed by atoms with Crippen molar-refractivity contribution in [1.29, 1.82) is 0 Å². The van der Waals surface area contributed by atoms with E-state index in [-0.39, 0.29) is 29.7 Å². The molecule has 9 nitrogen and oxygen atoms in total. The van der Waals surface area contributed by atoms with Crippen molar-refractivity contribution in [3.8, 4) is 11.8 Å². The van der Waals surface area contributed by atoms with E-state index in [0.29, 0.717) is 25.4 Å². The number of halogens is 2.